The van der Waals surface area contributed by atoms with Gasteiger partial charge in [-0.25, -0.2) is 0 Å². The number of ether oxygens (including phenoxy) is 1. The highest BCUT2D eigenvalue weighted by molar-refractivity contribution is 6.24. The molecule has 4 heteroatoms. The minimum atomic E-state index is -0.425. The summed E-state index contributed by atoms with van der Waals surface area (Å²) in [7, 11) is 1.59. The summed E-state index contributed by atoms with van der Waals surface area (Å²) in [6.45, 7) is 3.93. The van der Waals surface area contributed by atoms with E-state index in [0.29, 0.717) is 6.04 Å². The molecule has 0 spiro atoms. The number of alkyl halides is 1. The van der Waals surface area contributed by atoms with E-state index in [1.54, 1.807) is 7.11 Å². The van der Waals surface area contributed by atoms with E-state index in [9.17, 15) is 4.79 Å². The summed E-state index contributed by atoms with van der Waals surface area (Å²) in [5.74, 6) is 0.123. The Morgan fingerprint density at radius 3 is 2.35 bits per heavy atom. The molecule has 1 heterocycles. The Morgan fingerprint density at radius 2 is 1.88 bits per heavy atom. The molecule has 0 bridgehead atoms. The Bertz CT molecular complexity index is 294. The normalized spacial score (nSPS) is 31.5. The number of carbonyl (C=O) groups is 1. The number of rotatable bonds is 3. The van der Waals surface area contributed by atoms with Crippen molar-refractivity contribution in [3.63, 3.8) is 0 Å². The van der Waals surface area contributed by atoms with Gasteiger partial charge in [-0.15, -0.1) is 11.6 Å². The van der Waals surface area contributed by atoms with Gasteiger partial charge < -0.3 is 9.64 Å². The number of amides is 1. The van der Waals surface area contributed by atoms with Crippen molar-refractivity contribution in [2.45, 2.75) is 69.0 Å². The molecule has 0 aromatic carbocycles. The lowest BCUT2D eigenvalue weighted by atomic mass is 9.82. The fourth-order valence-electron chi connectivity index (χ4n) is 3.17. The smallest absolute Gasteiger partial charge is 0.254 e. The van der Waals surface area contributed by atoms with Crippen molar-refractivity contribution in [3.8, 4) is 0 Å². The van der Waals surface area contributed by atoms with Gasteiger partial charge in [0, 0.05) is 13.2 Å². The summed E-state index contributed by atoms with van der Waals surface area (Å²) in [5.41, 5.74) is 0. The van der Waals surface area contributed by atoms with Crippen molar-refractivity contribution < 1.29 is 9.53 Å². The minimum absolute atomic E-state index is 0.0183. The molecule has 2 rings (SSSR count). The fourth-order valence-corrected chi connectivity index (χ4v) is 3.39. The van der Waals surface area contributed by atoms with Gasteiger partial charge in [-0.3, -0.25) is 4.79 Å². The lowest BCUT2D eigenvalue weighted by Crippen LogP contribution is -2.73. The summed E-state index contributed by atoms with van der Waals surface area (Å²) in [5, 5.41) is 0. The van der Waals surface area contributed by atoms with E-state index in [0.717, 1.165) is 12.8 Å². The van der Waals surface area contributed by atoms with Gasteiger partial charge in [-0.05, 0) is 26.7 Å². The first-order chi connectivity index (χ1) is 7.96. The summed E-state index contributed by atoms with van der Waals surface area (Å²) >= 11 is 6.41. The highest BCUT2D eigenvalue weighted by atomic mass is 35.5. The Labute approximate surface area is 108 Å². The Kier molecular flexibility index (Phi) is 3.69. The standard InChI is InChI=1S/C13H22ClNO2/c1-13(2,14)11-10(17-3)12(16)15(11)9-7-5-4-6-8-9/h9-11H,4-8H2,1-3H3/t10-,11-/m0/s1. The topological polar surface area (TPSA) is 29.5 Å². The van der Waals surface area contributed by atoms with Crippen LogP contribution < -0.4 is 0 Å². The van der Waals surface area contributed by atoms with Crippen LogP contribution in [0.5, 0.6) is 0 Å². The second kappa shape index (κ2) is 4.77. The average Bonchev–Trinajstić information content (AvgIpc) is 2.26. The van der Waals surface area contributed by atoms with E-state index < -0.39 is 4.87 Å². The van der Waals surface area contributed by atoms with E-state index in [-0.39, 0.29) is 18.1 Å². The number of carbonyl (C=O) groups excluding carboxylic acids is 1. The van der Waals surface area contributed by atoms with E-state index in [4.69, 9.17) is 16.3 Å². The molecule has 0 N–H and O–H groups in total. The van der Waals surface area contributed by atoms with Gasteiger partial charge in [0.15, 0.2) is 6.10 Å². The van der Waals surface area contributed by atoms with Gasteiger partial charge in [0.05, 0.1) is 10.9 Å². The molecule has 1 saturated heterocycles. The SMILES string of the molecule is CO[C@@H]1C(=O)N(C2CCCCC2)[C@@H]1C(C)(C)Cl. The number of methoxy groups -OCH3 is 1. The molecular formula is C13H22ClNO2. The van der Waals surface area contributed by atoms with Gasteiger partial charge >= 0.3 is 0 Å². The van der Waals surface area contributed by atoms with Crippen LogP contribution in [0.1, 0.15) is 46.0 Å². The summed E-state index contributed by atoms with van der Waals surface area (Å²) < 4.78 is 5.28. The molecule has 2 aliphatic rings. The molecule has 2 fully saturated rings. The first kappa shape index (κ1) is 13.2. The largest absolute Gasteiger partial charge is 0.369 e. The molecule has 17 heavy (non-hydrogen) atoms. The molecule has 0 radical (unpaired) electrons. The summed E-state index contributed by atoms with van der Waals surface area (Å²) in [6, 6.07) is 0.399. The van der Waals surface area contributed by atoms with E-state index in [2.05, 4.69) is 0 Å². The third-order valence-electron chi connectivity index (χ3n) is 4.01. The van der Waals surface area contributed by atoms with Crippen molar-refractivity contribution in [2.75, 3.05) is 7.11 Å². The third kappa shape index (κ3) is 2.32. The maximum Gasteiger partial charge on any atom is 0.254 e. The molecule has 3 nitrogen and oxygen atoms in total. The van der Waals surface area contributed by atoms with Crippen LogP contribution in [-0.4, -0.2) is 41.0 Å². The summed E-state index contributed by atoms with van der Waals surface area (Å²) in [6.07, 6.45) is 5.63. The molecular weight excluding hydrogens is 238 g/mol. The predicted octanol–water partition coefficient (Wildman–Crippen LogP) is 2.56. The minimum Gasteiger partial charge on any atom is -0.369 e. The van der Waals surface area contributed by atoms with Crippen LogP contribution in [0, 0.1) is 0 Å². The zero-order valence-corrected chi connectivity index (χ0v) is 11.7. The Morgan fingerprint density at radius 1 is 1.29 bits per heavy atom. The van der Waals surface area contributed by atoms with Gasteiger partial charge in [0.1, 0.15) is 0 Å². The van der Waals surface area contributed by atoms with Crippen LogP contribution in [0.2, 0.25) is 0 Å². The van der Waals surface area contributed by atoms with Gasteiger partial charge in [-0.2, -0.15) is 0 Å². The molecule has 1 amide bonds. The maximum atomic E-state index is 12.1. The number of hydrogen-bond donors (Lipinski definition) is 0. The number of hydrogen-bond acceptors (Lipinski definition) is 2. The molecule has 1 aliphatic heterocycles. The van der Waals surface area contributed by atoms with E-state index in [1.165, 1.54) is 19.3 Å². The van der Waals surface area contributed by atoms with Crippen molar-refractivity contribution >= 4 is 17.5 Å². The molecule has 0 unspecified atom stereocenters. The molecule has 1 saturated carbocycles. The number of halogens is 1. The molecule has 0 aromatic rings. The Hall–Kier alpha value is -0.280. The van der Waals surface area contributed by atoms with Crippen LogP contribution in [0.15, 0.2) is 0 Å². The number of nitrogens with zero attached hydrogens (tertiary/aromatic N) is 1. The molecule has 2 atom stereocenters. The van der Waals surface area contributed by atoms with Crippen LogP contribution in [0.4, 0.5) is 0 Å². The van der Waals surface area contributed by atoms with Crippen molar-refractivity contribution in [1.29, 1.82) is 0 Å². The van der Waals surface area contributed by atoms with Crippen molar-refractivity contribution in [2.24, 2.45) is 0 Å². The maximum absolute atomic E-state index is 12.1. The van der Waals surface area contributed by atoms with E-state index >= 15 is 0 Å². The van der Waals surface area contributed by atoms with Crippen LogP contribution in [-0.2, 0) is 9.53 Å². The highest BCUT2D eigenvalue weighted by Crippen LogP contribution is 2.39. The van der Waals surface area contributed by atoms with Crippen molar-refractivity contribution in [1.82, 2.24) is 4.90 Å². The zero-order chi connectivity index (χ0) is 12.6. The van der Waals surface area contributed by atoms with Gasteiger partial charge in [0.2, 0.25) is 0 Å². The van der Waals surface area contributed by atoms with Crippen LogP contribution in [0.3, 0.4) is 0 Å². The number of likely N-dealkylation sites (tertiary alicyclic amines) is 1. The van der Waals surface area contributed by atoms with Crippen LogP contribution >= 0.6 is 11.6 Å². The zero-order valence-electron chi connectivity index (χ0n) is 10.9. The lowest BCUT2D eigenvalue weighted by Gasteiger charge is -2.55. The molecule has 0 aromatic heterocycles. The quantitative estimate of drug-likeness (QED) is 0.576. The Balaban J connectivity index is 2.12. The predicted molar refractivity (Wildman–Crippen MR) is 68.2 cm³/mol. The lowest BCUT2D eigenvalue weighted by molar-refractivity contribution is -0.180. The van der Waals surface area contributed by atoms with Crippen LogP contribution in [0.25, 0.3) is 0 Å². The van der Waals surface area contributed by atoms with Gasteiger partial charge in [-0.1, -0.05) is 19.3 Å². The number of β-lactam (4-membered cyclic amide) rings is 1. The summed E-state index contributed by atoms with van der Waals surface area (Å²) in [4.78, 5) is 13.7. The first-order valence-electron chi connectivity index (χ1n) is 6.50. The second-order valence-corrected chi connectivity index (χ2v) is 6.68. The third-order valence-corrected chi connectivity index (χ3v) is 4.23. The van der Waals surface area contributed by atoms with Gasteiger partial charge in [0.25, 0.3) is 5.91 Å². The second-order valence-electron chi connectivity index (χ2n) is 5.70. The monoisotopic (exact) mass is 259 g/mol. The fraction of sp³-hybridized carbons (Fsp3) is 0.923. The molecule has 1 aliphatic carbocycles. The van der Waals surface area contributed by atoms with E-state index in [1.807, 2.05) is 18.7 Å². The average molecular weight is 260 g/mol. The molecule has 98 valence electrons. The highest BCUT2D eigenvalue weighted by Gasteiger charge is 2.56. The van der Waals surface area contributed by atoms with Crippen molar-refractivity contribution in [3.05, 3.63) is 0 Å². The first-order valence-corrected chi connectivity index (χ1v) is 6.88.